The first-order valence-corrected chi connectivity index (χ1v) is 8.95. The maximum Gasteiger partial charge on any atom is 0.254 e. The van der Waals surface area contributed by atoms with Gasteiger partial charge in [0.05, 0.1) is 30.3 Å². The molecular formula is C19H19Cl2NO4. The molecule has 1 aliphatic rings. The molecule has 138 valence electrons. The molecule has 26 heavy (non-hydrogen) atoms. The van der Waals surface area contributed by atoms with Crippen molar-refractivity contribution in [2.45, 2.75) is 6.10 Å². The number of benzene rings is 2. The van der Waals surface area contributed by atoms with Gasteiger partial charge in [0, 0.05) is 12.1 Å². The minimum absolute atomic E-state index is 0.0960. The first-order valence-electron chi connectivity index (χ1n) is 8.19. The van der Waals surface area contributed by atoms with Gasteiger partial charge in [0.15, 0.2) is 0 Å². The molecule has 0 aliphatic carbocycles. The number of rotatable bonds is 5. The Morgan fingerprint density at radius 3 is 2.58 bits per heavy atom. The van der Waals surface area contributed by atoms with Crippen LogP contribution in [0.25, 0.3) is 0 Å². The Morgan fingerprint density at radius 2 is 1.88 bits per heavy atom. The standard InChI is InChI=1S/C19H19Cl2NO4/c1-24-14-3-5-15(6-4-14)26-12-16-11-22(8-9-25-16)19(23)13-2-7-17(20)18(21)10-13/h2-7,10,16H,8-9,11-12H2,1H3/t16-/m0/s1. The summed E-state index contributed by atoms with van der Waals surface area (Å²) >= 11 is 11.9. The molecule has 1 saturated heterocycles. The molecule has 1 amide bonds. The molecule has 1 aliphatic heterocycles. The molecule has 0 aromatic heterocycles. The van der Waals surface area contributed by atoms with Crippen molar-refractivity contribution < 1.29 is 19.0 Å². The Hall–Kier alpha value is -1.95. The quantitative estimate of drug-likeness (QED) is 0.769. The molecule has 0 unspecified atom stereocenters. The van der Waals surface area contributed by atoms with Gasteiger partial charge in [-0.05, 0) is 42.5 Å². The lowest BCUT2D eigenvalue weighted by molar-refractivity contribution is -0.0401. The van der Waals surface area contributed by atoms with Gasteiger partial charge < -0.3 is 19.1 Å². The molecule has 1 fully saturated rings. The summed E-state index contributed by atoms with van der Waals surface area (Å²) in [5.74, 6) is 1.40. The summed E-state index contributed by atoms with van der Waals surface area (Å²) in [7, 11) is 1.62. The SMILES string of the molecule is COc1ccc(OC[C@@H]2CN(C(=O)c3ccc(Cl)c(Cl)c3)CCO2)cc1. The summed E-state index contributed by atoms with van der Waals surface area (Å²) in [5.41, 5.74) is 0.510. The molecule has 0 radical (unpaired) electrons. The van der Waals surface area contributed by atoms with E-state index in [0.29, 0.717) is 41.9 Å². The van der Waals surface area contributed by atoms with Gasteiger partial charge in [-0.25, -0.2) is 0 Å². The van der Waals surface area contributed by atoms with Crippen molar-refractivity contribution in [1.29, 1.82) is 0 Å². The maximum atomic E-state index is 12.7. The predicted molar refractivity (Wildman–Crippen MR) is 101 cm³/mol. The van der Waals surface area contributed by atoms with E-state index in [1.165, 1.54) is 0 Å². The lowest BCUT2D eigenvalue weighted by atomic mass is 10.1. The van der Waals surface area contributed by atoms with Crippen molar-refractivity contribution in [1.82, 2.24) is 4.90 Å². The molecule has 0 spiro atoms. The van der Waals surface area contributed by atoms with Gasteiger partial charge in [-0.1, -0.05) is 23.2 Å². The molecule has 7 heteroatoms. The fraction of sp³-hybridized carbons (Fsp3) is 0.316. The van der Waals surface area contributed by atoms with E-state index in [4.69, 9.17) is 37.4 Å². The van der Waals surface area contributed by atoms with Gasteiger partial charge in [0.1, 0.15) is 24.2 Å². The van der Waals surface area contributed by atoms with E-state index in [1.54, 1.807) is 30.2 Å². The monoisotopic (exact) mass is 395 g/mol. The van der Waals surface area contributed by atoms with Crippen LogP contribution in [0.1, 0.15) is 10.4 Å². The highest BCUT2D eigenvalue weighted by atomic mass is 35.5. The second-order valence-electron chi connectivity index (χ2n) is 5.86. The highest BCUT2D eigenvalue weighted by Crippen LogP contribution is 2.24. The third kappa shape index (κ3) is 4.61. The Kier molecular flexibility index (Phi) is 6.25. The highest BCUT2D eigenvalue weighted by molar-refractivity contribution is 6.42. The van der Waals surface area contributed by atoms with Crippen molar-refractivity contribution >= 4 is 29.1 Å². The first kappa shape index (κ1) is 18.8. The number of nitrogens with zero attached hydrogens (tertiary/aromatic N) is 1. The lowest BCUT2D eigenvalue weighted by Gasteiger charge is -2.33. The van der Waals surface area contributed by atoms with Crippen LogP contribution in [-0.2, 0) is 4.74 Å². The summed E-state index contributed by atoms with van der Waals surface area (Å²) in [4.78, 5) is 14.4. The van der Waals surface area contributed by atoms with Crippen LogP contribution in [0.15, 0.2) is 42.5 Å². The fourth-order valence-electron chi connectivity index (χ4n) is 2.68. The van der Waals surface area contributed by atoms with Crippen LogP contribution in [0, 0.1) is 0 Å². The van der Waals surface area contributed by atoms with Gasteiger partial charge in [-0.3, -0.25) is 4.79 Å². The lowest BCUT2D eigenvalue weighted by Crippen LogP contribution is -2.47. The van der Waals surface area contributed by atoms with Crippen LogP contribution in [0.5, 0.6) is 11.5 Å². The molecule has 0 saturated carbocycles. The van der Waals surface area contributed by atoms with E-state index in [9.17, 15) is 4.79 Å². The normalized spacial score (nSPS) is 17.0. The number of hydrogen-bond donors (Lipinski definition) is 0. The van der Waals surface area contributed by atoms with Gasteiger partial charge in [-0.15, -0.1) is 0 Å². The summed E-state index contributed by atoms with van der Waals surface area (Å²) in [6.45, 7) is 1.80. The molecular weight excluding hydrogens is 377 g/mol. The van der Waals surface area contributed by atoms with Crippen LogP contribution in [0.2, 0.25) is 10.0 Å². The van der Waals surface area contributed by atoms with E-state index in [1.807, 2.05) is 24.3 Å². The summed E-state index contributed by atoms with van der Waals surface area (Å²) in [5, 5.41) is 0.793. The predicted octanol–water partition coefficient (Wildman–Crippen LogP) is 3.92. The van der Waals surface area contributed by atoms with E-state index in [-0.39, 0.29) is 12.0 Å². The van der Waals surface area contributed by atoms with Crippen LogP contribution >= 0.6 is 23.2 Å². The first-order chi connectivity index (χ1) is 12.6. The molecule has 1 heterocycles. The number of carbonyl (C=O) groups excluding carboxylic acids is 1. The largest absolute Gasteiger partial charge is 0.497 e. The smallest absolute Gasteiger partial charge is 0.254 e. The second kappa shape index (κ2) is 8.62. The minimum atomic E-state index is -0.197. The van der Waals surface area contributed by atoms with Crippen LogP contribution in [0.3, 0.4) is 0 Å². The molecule has 3 rings (SSSR count). The van der Waals surface area contributed by atoms with Crippen molar-refractivity contribution in [2.75, 3.05) is 33.4 Å². The number of halogens is 2. The third-order valence-corrected chi connectivity index (χ3v) is 4.83. The molecule has 0 N–H and O–H groups in total. The third-order valence-electron chi connectivity index (χ3n) is 4.09. The number of ether oxygens (including phenoxy) is 3. The Labute approximate surface area is 162 Å². The van der Waals surface area contributed by atoms with Crippen LogP contribution < -0.4 is 9.47 Å². The average Bonchev–Trinajstić information content (AvgIpc) is 2.68. The fourth-order valence-corrected chi connectivity index (χ4v) is 2.98. The minimum Gasteiger partial charge on any atom is -0.497 e. The van der Waals surface area contributed by atoms with Crippen LogP contribution in [-0.4, -0.2) is 50.3 Å². The molecule has 5 nitrogen and oxygen atoms in total. The van der Waals surface area contributed by atoms with E-state index in [0.717, 1.165) is 11.5 Å². The number of amides is 1. The van der Waals surface area contributed by atoms with E-state index >= 15 is 0 Å². The maximum absolute atomic E-state index is 12.7. The molecule has 1 atom stereocenters. The topological polar surface area (TPSA) is 48.0 Å². The zero-order valence-electron chi connectivity index (χ0n) is 14.3. The summed E-state index contributed by atoms with van der Waals surface area (Å²) < 4.78 is 16.6. The van der Waals surface area contributed by atoms with Gasteiger partial charge in [-0.2, -0.15) is 0 Å². The zero-order chi connectivity index (χ0) is 18.5. The van der Waals surface area contributed by atoms with Gasteiger partial charge in [0.2, 0.25) is 0 Å². The number of carbonyl (C=O) groups is 1. The average molecular weight is 396 g/mol. The van der Waals surface area contributed by atoms with Crippen molar-refractivity contribution in [3.05, 3.63) is 58.1 Å². The summed E-state index contributed by atoms with van der Waals surface area (Å²) in [6, 6.07) is 12.2. The van der Waals surface area contributed by atoms with Gasteiger partial charge >= 0.3 is 0 Å². The Balaban J connectivity index is 1.57. The van der Waals surface area contributed by atoms with Crippen molar-refractivity contribution in [3.8, 4) is 11.5 Å². The van der Waals surface area contributed by atoms with Crippen molar-refractivity contribution in [2.24, 2.45) is 0 Å². The highest BCUT2D eigenvalue weighted by Gasteiger charge is 2.26. The summed E-state index contributed by atoms with van der Waals surface area (Å²) in [6.07, 6.45) is -0.197. The molecule has 2 aromatic rings. The number of methoxy groups -OCH3 is 1. The van der Waals surface area contributed by atoms with Gasteiger partial charge in [0.25, 0.3) is 5.91 Å². The Morgan fingerprint density at radius 1 is 1.15 bits per heavy atom. The van der Waals surface area contributed by atoms with Crippen LogP contribution in [0.4, 0.5) is 0 Å². The zero-order valence-corrected chi connectivity index (χ0v) is 15.8. The molecule has 2 aromatic carbocycles. The molecule has 0 bridgehead atoms. The van der Waals surface area contributed by atoms with Crippen molar-refractivity contribution in [3.63, 3.8) is 0 Å². The van der Waals surface area contributed by atoms with E-state index in [2.05, 4.69) is 0 Å². The van der Waals surface area contributed by atoms with E-state index < -0.39 is 0 Å². The Bertz CT molecular complexity index is 767. The number of hydrogen-bond acceptors (Lipinski definition) is 4. The second-order valence-corrected chi connectivity index (χ2v) is 6.67. The number of morpholine rings is 1.